The second-order valence-electron chi connectivity index (χ2n) is 7.67. The Bertz CT molecular complexity index is 1030. The van der Waals surface area contributed by atoms with Crippen LogP contribution in [-0.4, -0.2) is 57.7 Å². The number of fused-ring (bicyclic) bond motifs is 1. The Morgan fingerprint density at radius 3 is 2.25 bits per heavy atom. The van der Waals surface area contributed by atoms with E-state index in [-0.39, 0.29) is 37.4 Å². The maximum Gasteiger partial charge on any atom is 0.451 e. The summed E-state index contributed by atoms with van der Waals surface area (Å²) in [5, 5.41) is 6.75. The zero-order valence-electron chi connectivity index (χ0n) is 17.8. The van der Waals surface area contributed by atoms with Gasteiger partial charge in [0.15, 0.2) is 11.0 Å². The standard InChI is InChI=1S/C17H18ClF4N5O2.C2H3N/c1-16(2,3)29-15(28)27-6-4-26(5-7-27)13-9-8-23-12(18)10(19)11(9)24-14(25-13)17(20,21)22;1-2-3/h8H,4-7H2,1-3H3;1H3. The van der Waals surface area contributed by atoms with E-state index in [9.17, 15) is 22.4 Å². The Hall–Kier alpha value is -2.94. The van der Waals surface area contributed by atoms with Crippen LogP contribution in [0.15, 0.2) is 6.20 Å². The second kappa shape index (κ2) is 9.68. The van der Waals surface area contributed by atoms with Crippen LogP contribution in [0.1, 0.15) is 33.5 Å². The molecule has 8 nitrogen and oxygen atoms in total. The number of aromatic nitrogens is 3. The molecule has 1 amide bonds. The molecule has 0 aromatic carbocycles. The highest BCUT2D eigenvalue weighted by Crippen LogP contribution is 2.34. The largest absolute Gasteiger partial charge is 0.451 e. The number of nitriles is 1. The van der Waals surface area contributed by atoms with Crippen molar-refractivity contribution in [2.24, 2.45) is 0 Å². The lowest BCUT2D eigenvalue weighted by Gasteiger charge is -2.36. The summed E-state index contributed by atoms with van der Waals surface area (Å²) in [7, 11) is 0. The number of ether oxygens (including phenoxy) is 1. The van der Waals surface area contributed by atoms with Crippen molar-refractivity contribution in [2.75, 3.05) is 31.1 Å². The van der Waals surface area contributed by atoms with Gasteiger partial charge in [0, 0.05) is 39.3 Å². The number of pyridine rings is 1. The van der Waals surface area contributed by atoms with E-state index >= 15 is 0 Å². The van der Waals surface area contributed by atoms with E-state index in [2.05, 4.69) is 15.0 Å². The molecular weight excluding hydrogens is 456 g/mol. The number of hydrogen-bond donors (Lipinski definition) is 0. The van der Waals surface area contributed by atoms with Crippen LogP contribution in [0.2, 0.25) is 5.15 Å². The van der Waals surface area contributed by atoms with Gasteiger partial charge >= 0.3 is 12.3 Å². The van der Waals surface area contributed by atoms with Gasteiger partial charge in [0.1, 0.15) is 16.9 Å². The summed E-state index contributed by atoms with van der Waals surface area (Å²) in [4.78, 5) is 25.7. The molecule has 13 heteroatoms. The number of carbonyl (C=O) groups excluding carboxylic acids is 1. The fourth-order valence-corrected chi connectivity index (χ4v) is 2.95. The van der Waals surface area contributed by atoms with Crippen molar-refractivity contribution in [3.8, 4) is 6.07 Å². The summed E-state index contributed by atoms with van der Waals surface area (Å²) in [6, 6.07) is 1.75. The molecule has 3 heterocycles. The summed E-state index contributed by atoms with van der Waals surface area (Å²) >= 11 is 5.60. The van der Waals surface area contributed by atoms with Gasteiger partial charge in [-0.25, -0.2) is 24.1 Å². The number of amides is 1. The van der Waals surface area contributed by atoms with Gasteiger partial charge < -0.3 is 14.5 Å². The Kier molecular flexibility index (Phi) is 7.66. The number of nitrogens with zero attached hydrogens (tertiary/aromatic N) is 6. The van der Waals surface area contributed by atoms with Gasteiger partial charge in [-0.15, -0.1) is 0 Å². The van der Waals surface area contributed by atoms with Gasteiger partial charge in [0.25, 0.3) is 0 Å². The minimum absolute atomic E-state index is 0.00520. The quantitative estimate of drug-likeness (QED) is 0.444. The molecule has 0 unspecified atom stereocenters. The molecule has 32 heavy (non-hydrogen) atoms. The number of hydrogen-bond acceptors (Lipinski definition) is 7. The van der Waals surface area contributed by atoms with Crippen molar-refractivity contribution in [2.45, 2.75) is 39.5 Å². The SMILES string of the molecule is CC#N.CC(C)(C)OC(=O)N1CCN(c2nc(C(F)(F)F)nc3c(F)c(Cl)ncc23)CC1. The smallest absolute Gasteiger partial charge is 0.444 e. The van der Waals surface area contributed by atoms with E-state index in [0.29, 0.717) is 0 Å². The van der Waals surface area contributed by atoms with E-state index in [1.54, 1.807) is 26.8 Å². The third kappa shape index (κ3) is 6.06. The maximum absolute atomic E-state index is 14.3. The highest BCUT2D eigenvalue weighted by molar-refractivity contribution is 6.30. The van der Waals surface area contributed by atoms with Gasteiger partial charge in [-0.3, -0.25) is 0 Å². The average Bonchev–Trinajstić information content (AvgIpc) is 2.69. The minimum Gasteiger partial charge on any atom is -0.444 e. The van der Waals surface area contributed by atoms with Crippen LogP contribution in [0.3, 0.4) is 0 Å². The summed E-state index contributed by atoms with van der Waals surface area (Å²) in [6.07, 6.45) is -4.25. The number of carbonyl (C=O) groups is 1. The number of anilines is 1. The molecule has 0 spiro atoms. The average molecular weight is 477 g/mol. The van der Waals surface area contributed by atoms with Crippen LogP contribution in [0, 0.1) is 17.1 Å². The first-order valence-electron chi connectivity index (χ1n) is 9.41. The van der Waals surface area contributed by atoms with Crippen molar-refractivity contribution in [3.63, 3.8) is 0 Å². The van der Waals surface area contributed by atoms with Crippen molar-refractivity contribution in [1.29, 1.82) is 5.26 Å². The fraction of sp³-hybridized carbons (Fsp3) is 0.526. The van der Waals surface area contributed by atoms with E-state index in [4.69, 9.17) is 21.6 Å². The van der Waals surface area contributed by atoms with Crippen LogP contribution in [0.25, 0.3) is 10.9 Å². The summed E-state index contributed by atoms with van der Waals surface area (Å²) < 4.78 is 59.3. The molecule has 1 fully saturated rings. The number of halogens is 5. The molecule has 0 atom stereocenters. The zero-order valence-corrected chi connectivity index (χ0v) is 18.6. The molecule has 0 saturated carbocycles. The van der Waals surface area contributed by atoms with Crippen molar-refractivity contribution in [3.05, 3.63) is 23.0 Å². The molecule has 0 aliphatic carbocycles. The first-order chi connectivity index (χ1) is 14.8. The highest BCUT2D eigenvalue weighted by Gasteiger charge is 2.37. The highest BCUT2D eigenvalue weighted by atomic mass is 35.5. The third-order valence-corrected chi connectivity index (χ3v) is 4.37. The number of piperazine rings is 1. The fourth-order valence-electron chi connectivity index (χ4n) is 2.81. The van der Waals surface area contributed by atoms with E-state index in [1.807, 2.05) is 0 Å². The van der Waals surface area contributed by atoms with Gasteiger partial charge in [-0.2, -0.15) is 18.4 Å². The van der Waals surface area contributed by atoms with E-state index in [1.165, 1.54) is 16.7 Å². The lowest BCUT2D eigenvalue weighted by molar-refractivity contribution is -0.144. The maximum atomic E-state index is 14.3. The van der Waals surface area contributed by atoms with Gasteiger partial charge in [0.2, 0.25) is 5.82 Å². The molecule has 1 saturated heterocycles. The predicted molar refractivity (Wildman–Crippen MR) is 109 cm³/mol. The monoisotopic (exact) mass is 476 g/mol. The molecule has 0 bridgehead atoms. The number of rotatable bonds is 1. The summed E-state index contributed by atoms with van der Waals surface area (Å²) in [6.45, 7) is 7.38. The Balaban J connectivity index is 0.00000114. The number of alkyl halides is 3. The van der Waals surface area contributed by atoms with Crippen molar-refractivity contribution >= 4 is 34.4 Å². The first kappa shape index (κ1) is 25.3. The molecule has 0 radical (unpaired) electrons. The lowest BCUT2D eigenvalue weighted by Crippen LogP contribution is -2.50. The topological polar surface area (TPSA) is 95.2 Å². The molecule has 1 aliphatic heterocycles. The Morgan fingerprint density at radius 2 is 1.75 bits per heavy atom. The van der Waals surface area contributed by atoms with Gasteiger partial charge in [-0.1, -0.05) is 11.6 Å². The molecule has 0 N–H and O–H groups in total. The van der Waals surface area contributed by atoms with Crippen molar-refractivity contribution < 1.29 is 27.1 Å². The van der Waals surface area contributed by atoms with Crippen LogP contribution >= 0.6 is 11.6 Å². The van der Waals surface area contributed by atoms with Crippen LogP contribution in [0.5, 0.6) is 0 Å². The van der Waals surface area contributed by atoms with Crippen LogP contribution in [0.4, 0.5) is 28.2 Å². The Labute approximate surface area is 186 Å². The minimum atomic E-state index is -4.87. The molecule has 2 aromatic rings. The second-order valence-corrected chi connectivity index (χ2v) is 8.03. The zero-order chi connectivity index (χ0) is 24.3. The van der Waals surface area contributed by atoms with E-state index in [0.717, 1.165) is 6.20 Å². The molecule has 1 aliphatic rings. The van der Waals surface area contributed by atoms with E-state index < -0.39 is 40.2 Å². The molecule has 3 rings (SSSR count). The van der Waals surface area contributed by atoms with Gasteiger partial charge in [0.05, 0.1) is 11.5 Å². The molecular formula is C19H21ClF4N6O2. The Morgan fingerprint density at radius 1 is 1.19 bits per heavy atom. The van der Waals surface area contributed by atoms with Crippen LogP contribution < -0.4 is 4.90 Å². The van der Waals surface area contributed by atoms with Gasteiger partial charge in [-0.05, 0) is 20.8 Å². The summed E-state index contributed by atoms with van der Waals surface area (Å²) in [5.41, 5.74) is -1.22. The predicted octanol–water partition coefficient (Wildman–Crippen LogP) is 4.42. The van der Waals surface area contributed by atoms with Crippen molar-refractivity contribution in [1.82, 2.24) is 19.9 Å². The normalized spacial score (nSPS) is 14.5. The lowest BCUT2D eigenvalue weighted by atomic mass is 10.2. The third-order valence-electron chi connectivity index (χ3n) is 4.11. The molecule has 174 valence electrons. The van der Waals surface area contributed by atoms with Crippen LogP contribution in [-0.2, 0) is 10.9 Å². The molecule has 2 aromatic heterocycles. The summed E-state index contributed by atoms with van der Waals surface area (Å²) in [5.74, 6) is -2.74. The first-order valence-corrected chi connectivity index (χ1v) is 9.79.